The average molecular weight is 298 g/mol. The number of rotatable bonds is 0. The zero-order valence-corrected chi connectivity index (χ0v) is 8.50. The minimum atomic E-state index is -5.87. The lowest BCUT2D eigenvalue weighted by Crippen LogP contribution is -2.22. The second kappa shape index (κ2) is 4.20. The lowest BCUT2D eigenvalue weighted by molar-refractivity contribution is -0.174. The Morgan fingerprint density at radius 2 is 0.947 bits per heavy atom. The molecule has 0 fully saturated rings. The standard InChI is InChI=1S/C9H3F9O/c10-7(11,12)4-1-3(19)2-5(8(13,14)15)6(4)9(16,17)18/h1-2,19H. The molecule has 0 radical (unpaired) electrons. The van der Waals surface area contributed by atoms with Crippen molar-refractivity contribution in [2.75, 3.05) is 0 Å². The van der Waals surface area contributed by atoms with E-state index in [4.69, 9.17) is 5.11 Å². The highest BCUT2D eigenvalue weighted by molar-refractivity contribution is 5.46. The molecule has 0 heterocycles. The summed E-state index contributed by atoms with van der Waals surface area (Å²) in [7, 11) is 0. The molecule has 1 aromatic rings. The number of phenolic OH excluding ortho intramolecular Hbond substituents is 1. The molecule has 0 unspecified atom stereocenters. The van der Waals surface area contributed by atoms with Gasteiger partial charge >= 0.3 is 18.5 Å². The van der Waals surface area contributed by atoms with Crippen molar-refractivity contribution in [1.82, 2.24) is 0 Å². The summed E-state index contributed by atoms with van der Waals surface area (Å²) in [5.41, 5.74) is -8.05. The molecule has 0 aliphatic carbocycles. The van der Waals surface area contributed by atoms with Crippen molar-refractivity contribution in [3.8, 4) is 5.75 Å². The lowest BCUT2D eigenvalue weighted by Gasteiger charge is -2.20. The summed E-state index contributed by atoms with van der Waals surface area (Å²) in [6, 6.07) is -0.809. The molecule has 19 heavy (non-hydrogen) atoms. The second-order valence-corrected chi connectivity index (χ2v) is 3.41. The van der Waals surface area contributed by atoms with E-state index >= 15 is 0 Å². The fraction of sp³-hybridized carbons (Fsp3) is 0.333. The zero-order chi connectivity index (χ0) is 15.2. The van der Waals surface area contributed by atoms with Crippen LogP contribution >= 0.6 is 0 Å². The molecule has 0 aliphatic heterocycles. The molecule has 1 N–H and O–H groups in total. The third-order valence-electron chi connectivity index (χ3n) is 2.02. The average Bonchev–Trinajstić information content (AvgIpc) is 2.11. The SMILES string of the molecule is Oc1cc(C(F)(F)F)c(C(F)(F)F)c(C(F)(F)F)c1. The molecule has 108 valence electrons. The van der Waals surface area contributed by atoms with Gasteiger partial charge in [0, 0.05) is 0 Å². The van der Waals surface area contributed by atoms with Crippen molar-refractivity contribution in [3.05, 3.63) is 28.8 Å². The van der Waals surface area contributed by atoms with Gasteiger partial charge in [0.1, 0.15) is 5.75 Å². The molecule has 1 aromatic carbocycles. The van der Waals surface area contributed by atoms with Gasteiger partial charge in [-0.3, -0.25) is 0 Å². The van der Waals surface area contributed by atoms with Crippen LogP contribution in [0.25, 0.3) is 0 Å². The van der Waals surface area contributed by atoms with Crippen LogP contribution in [0.15, 0.2) is 12.1 Å². The van der Waals surface area contributed by atoms with E-state index in [1.165, 1.54) is 0 Å². The van der Waals surface area contributed by atoms with Gasteiger partial charge in [0.15, 0.2) is 0 Å². The van der Waals surface area contributed by atoms with E-state index in [-0.39, 0.29) is 0 Å². The van der Waals surface area contributed by atoms with Crippen LogP contribution in [0, 0.1) is 0 Å². The van der Waals surface area contributed by atoms with E-state index in [9.17, 15) is 39.5 Å². The van der Waals surface area contributed by atoms with E-state index in [1.54, 1.807) is 0 Å². The Balaban J connectivity index is 3.80. The smallest absolute Gasteiger partial charge is 0.417 e. The highest BCUT2D eigenvalue weighted by Crippen LogP contribution is 2.47. The van der Waals surface area contributed by atoms with Crippen LogP contribution in [0.2, 0.25) is 0 Å². The first-order valence-electron chi connectivity index (χ1n) is 4.33. The van der Waals surface area contributed by atoms with E-state index in [0.717, 1.165) is 0 Å². The van der Waals surface area contributed by atoms with Crippen molar-refractivity contribution in [2.24, 2.45) is 0 Å². The Labute approximate surface area is 98.8 Å². The number of benzene rings is 1. The molecule has 0 spiro atoms. The Bertz CT molecular complexity index is 445. The zero-order valence-electron chi connectivity index (χ0n) is 8.50. The first-order chi connectivity index (χ1) is 8.24. The molecule has 0 saturated carbocycles. The summed E-state index contributed by atoms with van der Waals surface area (Å²) < 4.78 is 111. The summed E-state index contributed by atoms with van der Waals surface area (Å²) in [6.07, 6.45) is -17.3. The molecule has 0 saturated heterocycles. The van der Waals surface area contributed by atoms with Crippen LogP contribution in [0.5, 0.6) is 5.75 Å². The minimum absolute atomic E-state index is 0.405. The first-order valence-corrected chi connectivity index (χ1v) is 4.33. The highest BCUT2D eigenvalue weighted by atomic mass is 19.4. The van der Waals surface area contributed by atoms with Crippen molar-refractivity contribution >= 4 is 0 Å². The van der Waals surface area contributed by atoms with Gasteiger partial charge in [-0.15, -0.1) is 0 Å². The Morgan fingerprint density at radius 1 is 0.632 bits per heavy atom. The molecule has 1 rings (SSSR count). The molecule has 0 amide bonds. The number of phenols is 1. The van der Waals surface area contributed by atoms with E-state index < -0.39 is 53.1 Å². The van der Waals surface area contributed by atoms with Gasteiger partial charge in [0.2, 0.25) is 0 Å². The Hall–Kier alpha value is -1.61. The maximum atomic E-state index is 12.4. The van der Waals surface area contributed by atoms with Crippen molar-refractivity contribution < 1.29 is 44.6 Å². The molecular weight excluding hydrogens is 295 g/mol. The van der Waals surface area contributed by atoms with E-state index in [2.05, 4.69) is 0 Å². The van der Waals surface area contributed by atoms with Gasteiger partial charge in [-0.25, -0.2) is 0 Å². The predicted octanol–water partition coefficient (Wildman–Crippen LogP) is 4.45. The maximum Gasteiger partial charge on any atom is 0.417 e. The molecule has 10 heteroatoms. The Morgan fingerprint density at radius 3 is 1.16 bits per heavy atom. The van der Waals surface area contributed by atoms with Crippen molar-refractivity contribution in [3.63, 3.8) is 0 Å². The van der Waals surface area contributed by atoms with Crippen LogP contribution in [0.1, 0.15) is 16.7 Å². The second-order valence-electron chi connectivity index (χ2n) is 3.41. The molecule has 0 bridgehead atoms. The normalized spacial score (nSPS) is 13.7. The van der Waals surface area contributed by atoms with Gasteiger partial charge in [0.25, 0.3) is 0 Å². The largest absolute Gasteiger partial charge is 0.508 e. The summed E-state index contributed by atoms with van der Waals surface area (Å²) >= 11 is 0. The summed E-state index contributed by atoms with van der Waals surface area (Å²) in [5.74, 6) is -1.56. The number of alkyl halides is 9. The fourth-order valence-corrected chi connectivity index (χ4v) is 1.38. The third kappa shape index (κ3) is 3.24. The first kappa shape index (κ1) is 15.4. The molecule has 0 atom stereocenters. The van der Waals surface area contributed by atoms with Gasteiger partial charge in [-0.05, 0) is 12.1 Å². The quantitative estimate of drug-likeness (QED) is 0.702. The minimum Gasteiger partial charge on any atom is -0.508 e. The van der Waals surface area contributed by atoms with Gasteiger partial charge in [-0.2, -0.15) is 39.5 Å². The maximum absolute atomic E-state index is 12.4. The van der Waals surface area contributed by atoms with Crippen LogP contribution in [0.4, 0.5) is 39.5 Å². The van der Waals surface area contributed by atoms with Crippen LogP contribution in [-0.4, -0.2) is 5.11 Å². The van der Waals surface area contributed by atoms with E-state index in [1.807, 2.05) is 0 Å². The number of aromatic hydroxyl groups is 1. The Kier molecular flexibility index (Phi) is 3.42. The van der Waals surface area contributed by atoms with E-state index in [0.29, 0.717) is 0 Å². The summed E-state index contributed by atoms with van der Waals surface area (Å²) in [4.78, 5) is 0. The number of hydrogen-bond donors (Lipinski definition) is 1. The third-order valence-corrected chi connectivity index (χ3v) is 2.02. The fourth-order valence-electron chi connectivity index (χ4n) is 1.38. The highest BCUT2D eigenvalue weighted by Gasteiger charge is 2.50. The van der Waals surface area contributed by atoms with Gasteiger partial charge in [0.05, 0.1) is 16.7 Å². The molecule has 0 aromatic heterocycles. The predicted molar refractivity (Wildman–Crippen MR) is 43.1 cm³/mol. The molecular formula is C9H3F9O. The monoisotopic (exact) mass is 298 g/mol. The van der Waals surface area contributed by atoms with Crippen LogP contribution in [-0.2, 0) is 18.5 Å². The summed E-state index contributed by atoms with van der Waals surface area (Å²) in [6.45, 7) is 0. The topological polar surface area (TPSA) is 20.2 Å². The van der Waals surface area contributed by atoms with Crippen LogP contribution in [0.3, 0.4) is 0 Å². The number of hydrogen-bond acceptors (Lipinski definition) is 1. The van der Waals surface area contributed by atoms with Crippen molar-refractivity contribution in [2.45, 2.75) is 18.5 Å². The lowest BCUT2D eigenvalue weighted by atomic mass is 9.99. The molecule has 1 nitrogen and oxygen atoms in total. The van der Waals surface area contributed by atoms with Crippen LogP contribution < -0.4 is 0 Å². The van der Waals surface area contributed by atoms with Gasteiger partial charge in [-0.1, -0.05) is 0 Å². The van der Waals surface area contributed by atoms with Crippen molar-refractivity contribution in [1.29, 1.82) is 0 Å². The molecule has 0 aliphatic rings. The van der Waals surface area contributed by atoms with Gasteiger partial charge < -0.3 is 5.11 Å². The number of halogens is 9. The summed E-state index contributed by atoms with van der Waals surface area (Å²) in [5, 5.41) is 8.74.